The second kappa shape index (κ2) is 5.67. The first-order valence-electron chi connectivity index (χ1n) is 5.81. The number of halogens is 3. The van der Waals surface area contributed by atoms with Gasteiger partial charge in [0.25, 0.3) is 0 Å². The third kappa shape index (κ3) is 3.39. The Morgan fingerprint density at radius 1 is 1.24 bits per heavy atom. The smallest absolute Gasteiger partial charge is 0.433 e. The van der Waals surface area contributed by atoms with Gasteiger partial charge in [0, 0.05) is 0 Å². The topological polar surface area (TPSA) is 45.9 Å². The molecule has 21 heavy (non-hydrogen) atoms. The first kappa shape index (κ1) is 14.6. The van der Waals surface area contributed by atoms with Crippen molar-refractivity contribution in [2.75, 3.05) is 0 Å². The van der Waals surface area contributed by atoms with E-state index in [1.54, 1.807) is 24.3 Å². The summed E-state index contributed by atoms with van der Waals surface area (Å²) in [6.07, 6.45) is -1.96. The summed E-state index contributed by atoms with van der Waals surface area (Å²) in [4.78, 5) is 3.29. The molecule has 0 aliphatic heterocycles. The fourth-order valence-electron chi connectivity index (χ4n) is 1.59. The summed E-state index contributed by atoms with van der Waals surface area (Å²) in [6.45, 7) is 3.59. The summed E-state index contributed by atoms with van der Waals surface area (Å²) in [7, 11) is 0. The quantitative estimate of drug-likeness (QED) is 0.841. The molecule has 0 N–H and O–H groups in total. The lowest BCUT2D eigenvalue weighted by Gasteiger charge is -2.09. The Hall–Kier alpha value is -2.81. The molecule has 0 atom stereocenters. The minimum Gasteiger partial charge on any atom is -0.454 e. The Morgan fingerprint density at radius 3 is 2.52 bits per heavy atom. The van der Waals surface area contributed by atoms with Crippen LogP contribution in [-0.2, 0) is 6.18 Å². The van der Waals surface area contributed by atoms with Crippen LogP contribution in [0.5, 0.6) is 11.5 Å². The van der Waals surface area contributed by atoms with E-state index in [9.17, 15) is 13.2 Å². The van der Waals surface area contributed by atoms with Crippen molar-refractivity contribution in [2.45, 2.75) is 6.18 Å². The highest BCUT2D eigenvalue weighted by atomic mass is 19.4. The molecule has 3 nitrogen and oxygen atoms in total. The fourth-order valence-corrected chi connectivity index (χ4v) is 1.59. The number of hydrogen-bond donors (Lipinski definition) is 0. The first-order valence-corrected chi connectivity index (χ1v) is 5.81. The molecule has 0 saturated heterocycles. The van der Waals surface area contributed by atoms with E-state index in [0.717, 1.165) is 23.9 Å². The van der Waals surface area contributed by atoms with Crippen molar-refractivity contribution in [3.8, 4) is 17.6 Å². The zero-order valence-electron chi connectivity index (χ0n) is 10.7. The van der Waals surface area contributed by atoms with E-state index in [1.807, 2.05) is 6.07 Å². The highest BCUT2D eigenvalue weighted by Gasteiger charge is 2.32. The molecule has 106 valence electrons. The van der Waals surface area contributed by atoms with Gasteiger partial charge >= 0.3 is 6.18 Å². The number of pyridine rings is 1. The molecule has 0 bridgehead atoms. The average molecular weight is 290 g/mol. The van der Waals surface area contributed by atoms with Crippen molar-refractivity contribution in [1.29, 1.82) is 5.26 Å². The van der Waals surface area contributed by atoms with E-state index in [1.165, 1.54) is 0 Å². The normalized spacial score (nSPS) is 10.8. The zero-order valence-corrected chi connectivity index (χ0v) is 10.7. The number of aromatic nitrogens is 1. The van der Waals surface area contributed by atoms with Crippen LogP contribution in [0.3, 0.4) is 0 Å². The van der Waals surface area contributed by atoms with Crippen LogP contribution in [-0.4, -0.2) is 4.98 Å². The molecular weight excluding hydrogens is 281 g/mol. The van der Waals surface area contributed by atoms with Crippen LogP contribution in [0.2, 0.25) is 0 Å². The predicted molar refractivity (Wildman–Crippen MR) is 70.6 cm³/mol. The Labute approximate surface area is 118 Å². The number of rotatable bonds is 3. The van der Waals surface area contributed by atoms with Crippen LogP contribution >= 0.6 is 0 Å². The van der Waals surface area contributed by atoms with Gasteiger partial charge in [0.2, 0.25) is 0 Å². The fraction of sp³-hybridized carbons (Fsp3) is 0.0667. The Kier molecular flexibility index (Phi) is 3.94. The summed E-state index contributed by atoms with van der Waals surface area (Å²) >= 11 is 0. The second-order valence-electron chi connectivity index (χ2n) is 4.05. The van der Waals surface area contributed by atoms with Crippen molar-refractivity contribution >= 4 is 6.08 Å². The van der Waals surface area contributed by atoms with Crippen LogP contribution in [0.15, 0.2) is 43.1 Å². The third-order valence-corrected chi connectivity index (χ3v) is 2.61. The highest BCUT2D eigenvalue weighted by Crippen LogP contribution is 2.30. The number of nitriles is 1. The Morgan fingerprint density at radius 2 is 2.00 bits per heavy atom. The van der Waals surface area contributed by atoms with E-state index >= 15 is 0 Å². The lowest BCUT2D eigenvalue weighted by molar-refractivity contribution is -0.141. The highest BCUT2D eigenvalue weighted by molar-refractivity contribution is 5.55. The maximum absolute atomic E-state index is 12.4. The SMILES string of the molecule is C=Cc1ccc(Oc2ccc(C(F)(F)F)nc2)c(C#N)c1. The van der Waals surface area contributed by atoms with Crippen molar-refractivity contribution in [2.24, 2.45) is 0 Å². The van der Waals surface area contributed by atoms with Crippen molar-refractivity contribution in [3.05, 3.63) is 59.9 Å². The van der Waals surface area contributed by atoms with Crippen LogP contribution in [0, 0.1) is 11.3 Å². The summed E-state index contributed by atoms with van der Waals surface area (Å²) in [6, 6.07) is 8.72. The van der Waals surface area contributed by atoms with Crippen molar-refractivity contribution < 1.29 is 17.9 Å². The molecule has 1 aromatic heterocycles. The molecule has 0 fully saturated rings. The van der Waals surface area contributed by atoms with E-state index in [4.69, 9.17) is 10.00 Å². The molecule has 0 radical (unpaired) electrons. The summed E-state index contributed by atoms with van der Waals surface area (Å²) in [5.74, 6) is 0.357. The largest absolute Gasteiger partial charge is 0.454 e. The summed E-state index contributed by atoms with van der Waals surface area (Å²) in [5.41, 5.74) is -0.00546. The standard InChI is InChI=1S/C15H9F3N2O/c1-2-10-3-5-13(11(7-10)8-19)21-12-4-6-14(20-9-12)15(16,17)18/h2-7,9H,1H2. The Bertz CT molecular complexity index is 700. The molecule has 6 heteroatoms. The van der Waals surface area contributed by atoms with E-state index in [2.05, 4.69) is 11.6 Å². The minimum absolute atomic E-state index is 0.117. The van der Waals surface area contributed by atoms with Crippen LogP contribution in [0.4, 0.5) is 13.2 Å². The van der Waals surface area contributed by atoms with Gasteiger partial charge in [-0.3, -0.25) is 0 Å². The molecule has 0 saturated carbocycles. The average Bonchev–Trinajstić information content (AvgIpc) is 2.47. The number of nitrogens with zero attached hydrogens (tertiary/aromatic N) is 2. The van der Waals surface area contributed by atoms with Gasteiger partial charge in [0.05, 0.1) is 11.8 Å². The molecule has 1 heterocycles. The van der Waals surface area contributed by atoms with Gasteiger partial charge in [-0.25, -0.2) is 4.98 Å². The molecule has 0 aliphatic rings. The van der Waals surface area contributed by atoms with Gasteiger partial charge in [-0.15, -0.1) is 0 Å². The van der Waals surface area contributed by atoms with Crippen LogP contribution in [0.25, 0.3) is 6.08 Å². The predicted octanol–water partition coefficient (Wildman–Crippen LogP) is 4.41. The second-order valence-corrected chi connectivity index (χ2v) is 4.05. The van der Waals surface area contributed by atoms with E-state index in [-0.39, 0.29) is 17.1 Å². The zero-order chi connectivity index (χ0) is 15.5. The number of hydrogen-bond acceptors (Lipinski definition) is 3. The van der Waals surface area contributed by atoms with Gasteiger partial charge in [-0.2, -0.15) is 18.4 Å². The van der Waals surface area contributed by atoms with Crippen molar-refractivity contribution in [1.82, 2.24) is 4.98 Å². The van der Waals surface area contributed by atoms with Gasteiger partial charge < -0.3 is 4.74 Å². The minimum atomic E-state index is -4.50. The van der Waals surface area contributed by atoms with Gasteiger partial charge in [0.15, 0.2) is 0 Å². The third-order valence-electron chi connectivity index (χ3n) is 2.61. The molecule has 2 rings (SSSR count). The monoisotopic (exact) mass is 290 g/mol. The van der Waals surface area contributed by atoms with Crippen LogP contribution < -0.4 is 4.74 Å². The molecule has 0 aliphatic carbocycles. The molecule has 0 amide bonds. The van der Waals surface area contributed by atoms with Crippen LogP contribution in [0.1, 0.15) is 16.8 Å². The maximum atomic E-state index is 12.4. The summed E-state index contributed by atoms with van der Waals surface area (Å²) < 4.78 is 42.6. The number of ether oxygens (including phenoxy) is 1. The van der Waals surface area contributed by atoms with Gasteiger partial charge in [-0.05, 0) is 29.8 Å². The lowest BCUT2D eigenvalue weighted by Crippen LogP contribution is -2.07. The maximum Gasteiger partial charge on any atom is 0.433 e. The molecule has 1 aromatic carbocycles. The first-order chi connectivity index (χ1) is 9.94. The Balaban J connectivity index is 2.26. The van der Waals surface area contributed by atoms with Crippen molar-refractivity contribution in [3.63, 3.8) is 0 Å². The molecule has 0 spiro atoms. The molecular formula is C15H9F3N2O. The summed E-state index contributed by atoms with van der Waals surface area (Å²) in [5, 5.41) is 9.04. The molecule has 2 aromatic rings. The van der Waals surface area contributed by atoms with Gasteiger partial charge in [-0.1, -0.05) is 18.7 Å². The lowest BCUT2D eigenvalue weighted by atomic mass is 10.1. The van der Waals surface area contributed by atoms with E-state index in [0.29, 0.717) is 0 Å². The number of alkyl halides is 3. The van der Waals surface area contributed by atoms with E-state index < -0.39 is 11.9 Å². The number of benzene rings is 1. The molecule has 0 unspecified atom stereocenters. The van der Waals surface area contributed by atoms with Gasteiger partial charge in [0.1, 0.15) is 23.3 Å².